The van der Waals surface area contributed by atoms with Crippen molar-refractivity contribution in [3.63, 3.8) is 0 Å². The fourth-order valence-corrected chi connectivity index (χ4v) is 4.67. The van der Waals surface area contributed by atoms with E-state index in [-0.39, 0.29) is 37.2 Å². The van der Waals surface area contributed by atoms with E-state index in [1.807, 2.05) is 44.2 Å². The smallest absolute Gasteiger partial charge is 0.475 e. The van der Waals surface area contributed by atoms with E-state index in [4.69, 9.17) is 25.8 Å². The molecule has 9 N–H and O–H groups in total. The minimum Gasteiger partial charge on any atom is -0.475 e. The molecule has 3 aromatic rings. The number of hydrogen-bond donors (Lipinski definition) is 7. The molecular weight excluding hydrogens is 693 g/mol. The number of nitrogens with one attached hydrogen (secondary N) is 4. The predicted octanol–water partition coefficient (Wildman–Crippen LogP) is 1.64. The zero-order valence-electron chi connectivity index (χ0n) is 28.5. The molecule has 1 aromatic heterocycles. The third-order valence-electron chi connectivity index (χ3n) is 7.19. The Balaban J connectivity index is 0.00000121. The fraction of sp³-hybridized carbons (Fsp3) is 0.382. The van der Waals surface area contributed by atoms with Crippen LogP contribution in [0.5, 0.6) is 0 Å². The van der Waals surface area contributed by atoms with Gasteiger partial charge < -0.3 is 42.3 Å². The molecule has 18 heteroatoms. The molecule has 0 unspecified atom stereocenters. The number of aliphatic carboxylic acids is 1. The largest absolute Gasteiger partial charge is 0.490 e. The number of fused-ring (bicyclic) bond motifs is 1. The zero-order valence-corrected chi connectivity index (χ0v) is 28.5. The number of anilines is 1. The Labute approximate surface area is 295 Å². The number of benzene rings is 2. The molecule has 0 radical (unpaired) electrons. The summed E-state index contributed by atoms with van der Waals surface area (Å²) in [7, 11) is 0. The second-order valence-corrected chi connectivity index (χ2v) is 12.1. The average molecular weight is 735 g/mol. The van der Waals surface area contributed by atoms with Crippen LogP contribution in [-0.2, 0) is 35.2 Å². The van der Waals surface area contributed by atoms with Crippen LogP contribution in [0.2, 0.25) is 0 Å². The number of primary amides is 1. The Morgan fingerprint density at radius 1 is 0.904 bits per heavy atom. The number of carboxylic acids is 1. The highest BCUT2D eigenvalue weighted by Gasteiger charge is 2.38. The molecule has 3 atom stereocenters. The number of carbonyl (C=O) groups excluding carboxylic acids is 5. The van der Waals surface area contributed by atoms with E-state index in [0.29, 0.717) is 16.6 Å². The normalized spacial score (nSPS) is 12.8. The summed E-state index contributed by atoms with van der Waals surface area (Å²) in [5.74, 6) is -5.90. The highest BCUT2D eigenvalue weighted by atomic mass is 19.4. The molecule has 2 aromatic carbocycles. The van der Waals surface area contributed by atoms with Gasteiger partial charge in [-0.3, -0.25) is 24.0 Å². The number of nitrogens with two attached hydrogens (primary N) is 2. The average Bonchev–Trinajstić information content (AvgIpc) is 3.04. The summed E-state index contributed by atoms with van der Waals surface area (Å²) in [6.45, 7) is 5.06. The second kappa shape index (κ2) is 19.6. The Morgan fingerprint density at radius 2 is 1.54 bits per heavy atom. The van der Waals surface area contributed by atoms with Crippen LogP contribution in [0.3, 0.4) is 0 Å². The first-order chi connectivity index (χ1) is 24.3. The van der Waals surface area contributed by atoms with Gasteiger partial charge in [-0.15, -0.1) is 0 Å². The van der Waals surface area contributed by atoms with Crippen LogP contribution in [0.4, 0.5) is 18.9 Å². The van der Waals surface area contributed by atoms with Crippen LogP contribution in [0, 0.1) is 12.8 Å². The van der Waals surface area contributed by atoms with Gasteiger partial charge in [0.2, 0.25) is 29.5 Å². The maximum atomic E-state index is 13.3. The van der Waals surface area contributed by atoms with Gasteiger partial charge in [-0.2, -0.15) is 13.2 Å². The third kappa shape index (κ3) is 14.6. The minimum atomic E-state index is -5.08. The van der Waals surface area contributed by atoms with Crippen molar-refractivity contribution in [3.05, 3.63) is 76.1 Å². The molecule has 15 nitrogen and oxygen atoms in total. The first-order valence-corrected chi connectivity index (χ1v) is 15.9. The summed E-state index contributed by atoms with van der Waals surface area (Å²) in [5, 5.41) is 18.2. The van der Waals surface area contributed by atoms with Gasteiger partial charge in [-0.25, -0.2) is 9.59 Å². The van der Waals surface area contributed by atoms with Crippen molar-refractivity contribution in [2.75, 3.05) is 11.9 Å². The lowest BCUT2D eigenvalue weighted by Gasteiger charge is -2.24. The van der Waals surface area contributed by atoms with Gasteiger partial charge in [0.1, 0.15) is 17.7 Å². The molecule has 0 spiro atoms. The van der Waals surface area contributed by atoms with Gasteiger partial charge >= 0.3 is 17.8 Å². The summed E-state index contributed by atoms with van der Waals surface area (Å²) in [5.41, 5.74) is 12.9. The van der Waals surface area contributed by atoms with Crippen LogP contribution in [0.25, 0.3) is 11.0 Å². The third-order valence-corrected chi connectivity index (χ3v) is 7.19. The number of carboxylic acid groups (broad SMARTS) is 1. The molecule has 0 aliphatic carbocycles. The molecule has 0 aliphatic heterocycles. The summed E-state index contributed by atoms with van der Waals surface area (Å²) in [6.07, 6.45) is -4.87. The van der Waals surface area contributed by atoms with Crippen LogP contribution >= 0.6 is 0 Å². The van der Waals surface area contributed by atoms with Crippen molar-refractivity contribution in [1.29, 1.82) is 0 Å². The Morgan fingerprint density at radius 3 is 2.12 bits per heavy atom. The number of amides is 5. The van der Waals surface area contributed by atoms with E-state index in [0.717, 1.165) is 5.56 Å². The molecular formula is C34H41F3N6O9. The molecule has 0 fully saturated rings. The number of hydrogen-bond acceptors (Lipinski definition) is 9. The van der Waals surface area contributed by atoms with Crippen molar-refractivity contribution >= 4 is 52.2 Å². The molecule has 282 valence electrons. The molecule has 0 saturated heterocycles. The Bertz CT molecular complexity index is 1800. The standard InChI is InChI=1S/C32H40N6O7.C2HF3O2/c1-18(2)13-25(37-28(40)17-35-30(42)23(33)15-20-7-5-4-6-8-20)32(44)38-24(11-12-27(34)39)31(43)36-21-9-10-22-19(3)14-29(41)45-26(22)16-21;3-2(4,5)1(6)7/h4-10,14,16,18,23-25H,11-13,15,17,33H2,1-3H3,(H2,34,39)(H,35,42)(H,36,43)(H,37,40)(H,38,44);(H,6,7)/t23-,24-,25-;/m0./s1. The van der Waals surface area contributed by atoms with Crippen LogP contribution in [-0.4, -0.2) is 71.5 Å². The van der Waals surface area contributed by atoms with E-state index < -0.39 is 72.0 Å². The molecule has 0 bridgehead atoms. The molecule has 3 rings (SSSR count). The quantitative estimate of drug-likeness (QED) is 0.111. The number of aryl methyl sites for hydroxylation is 1. The van der Waals surface area contributed by atoms with Crippen LogP contribution in [0.15, 0.2) is 63.8 Å². The first kappa shape index (κ1) is 42.4. The minimum absolute atomic E-state index is 0.0245. The second-order valence-electron chi connectivity index (χ2n) is 12.1. The first-order valence-electron chi connectivity index (χ1n) is 15.9. The van der Waals surface area contributed by atoms with Gasteiger partial charge in [-0.05, 0) is 55.4 Å². The van der Waals surface area contributed by atoms with Crippen LogP contribution < -0.4 is 38.4 Å². The summed E-state index contributed by atoms with van der Waals surface area (Å²) in [4.78, 5) is 84.0. The van der Waals surface area contributed by atoms with Crippen molar-refractivity contribution < 1.29 is 51.5 Å². The number of carbonyl (C=O) groups is 6. The highest BCUT2D eigenvalue weighted by molar-refractivity contribution is 6.00. The summed E-state index contributed by atoms with van der Waals surface area (Å²) < 4.78 is 37.0. The topological polar surface area (TPSA) is 253 Å². The lowest BCUT2D eigenvalue weighted by atomic mass is 10.0. The Kier molecular flexibility index (Phi) is 16.0. The summed E-state index contributed by atoms with van der Waals surface area (Å²) >= 11 is 0. The van der Waals surface area contributed by atoms with Gasteiger partial charge in [0, 0.05) is 29.6 Å². The fourth-order valence-electron chi connectivity index (χ4n) is 4.67. The van der Waals surface area contributed by atoms with Crippen molar-refractivity contribution in [3.8, 4) is 0 Å². The molecule has 0 saturated carbocycles. The molecule has 0 aliphatic rings. The van der Waals surface area contributed by atoms with E-state index in [2.05, 4.69) is 21.3 Å². The summed E-state index contributed by atoms with van der Waals surface area (Å²) in [6, 6.07) is 12.2. The number of alkyl halides is 3. The maximum absolute atomic E-state index is 13.3. The maximum Gasteiger partial charge on any atom is 0.490 e. The zero-order chi connectivity index (χ0) is 39.2. The molecule has 1 heterocycles. The van der Waals surface area contributed by atoms with E-state index in [1.165, 1.54) is 12.1 Å². The van der Waals surface area contributed by atoms with E-state index in [1.54, 1.807) is 19.1 Å². The predicted molar refractivity (Wildman–Crippen MR) is 182 cm³/mol. The SMILES string of the molecule is Cc1cc(=O)oc2cc(NC(=O)[C@H](CCC(N)=O)NC(=O)[C@H](CC(C)C)NC(=O)CNC(=O)[C@@H](N)Cc3ccccc3)ccc12.O=C(O)C(F)(F)F. The van der Waals surface area contributed by atoms with Crippen molar-refractivity contribution in [2.45, 2.75) is 70.8 Å². The van der Waals surface area contributed by atoms with Gasteiger partial charge in [0.05, 0.1) is 12.6 Å². The monoisotopic (exact) mass is 734 g/mol. The van der Waals surface area contributed by atoms with Crippen molar-refractivity contribution in [2.24, 2.45) is 17.4 Å². The Hall–Kier alpha value is -5.78. The van der Waals surface area contributed by atoms with Gasteiger partial charge in [0.25, 0.3) is 0 Å². The number of halogens is 3. The number of rotatable bonds is 15. The van der Waals surface area contributed by atoms with Gasteiger partial charge in [0.15, 0.2) is 0 Å². The van der Waals surface area contributed by atoms with Gasteiger partial charge in [-0.1, -0.05) is 44.2 Å². The molecule has 5 amide bonds. The van der Waals surface area contributed by atoms with Crippen LogP contribution in [0.1, 0.15) is 44.2 Å². The van der Waals surface area contributed by atoms with E-state index >= 15 is 0 Å². The lowest BCUT2D eigenvalue weighted by Crippen LogP contribution is -2.54. The van der Waals surface area contributed by atoms with E-state index in [9.17, 15) is 41.9 Å². The molecule has 52 heavy (non-hydrogen) atoms. The lowest BCUT2D eigenvalue weighted by molar-refractivity contribution is -0.192. The van der Waals surface area contributed by atoms with Crippen molar-refractivity contribution in [1.82, 2.24) is 16.0 Å². The highest BCUT2D eigenvalue weighted by Crippen LogP contribution is 2.21.